The van der Waals surface area contributed by atoms with Gasteiger partial charge in [0.05, 0.1) is 5.41 Å². The molecule has 7 heteroatoms. The number of carbonyl (C=O) groups excluding carboxylic acids is 2. The Labute approximate surface area is 141 Å². The molecule has 1 atom stereocenters. The minimum Gasteiger partial charge on any atom is -0.481 e. The minimum absolute atomic E-state index is 0.170. The number of nitrogens with zero attached hydrogens (tertiary/aromatic N) is 1. The Balaban J connectivity index is 2.11. The van der Waals surface area contributed by atoms with Gasteiger partial charge in [0.25, 0.3) is 5.91 Å². The highest BCUT2D eigenvalue weighted by Gasteiger charge is 2.42. The molecule has 0 aliphatic carbocycles. The average molecular weight is 333 g/mol. The standard InChI is InChI=1S/C17H23N3O4/c1-4-18-14(21)12-6-5-11(2)13(9-12)19-16(24)20-8-7-17(3,10-20)15(22)23/h5-6,9H,4,7-8,10H2,1-3H3,(H,18,21)(H,19,24)(H,22,23). The van der Waals surface area contributed by atoms with Crippen molar-refractivity contribution in [2.24, 2.45) is 5.41 Å². The zero-order chi connectivity index (χ0) is 17.9. The fraction of sp³-hybridized carbons (Fsp3) is 0.471. The summed E-state index contributed by atoms with van der Waals surface area (Å²) in [6, 6.07) is 4.75. The smallest absolute Gasteiger partial charge is 0.321 e. The molecule has 24 heavy (non-hydrogen) atoms. The number of carbonyl (C=O) groups is 3. The van der Waals surface area contributed by atoms with Gasteiger partial charge in [-0.1, -0.05) is 6.07 Å². The summed E-state index contributed by atoms with van der Waals surface area (Å²) >= 11 is 0. The van der Waals surface area contributed by atoms with Crippen LogP contribution < -0.4 is 10.6 Å². The Morgan fingerprint density at radius 2 is 2.04 bits per heavy atom. The van der Waals surface area contributed by atoms with Crippen LogP contribution in [0.15, 0.2) is 18.2 Å². The molecular formula is C17H23N3O4. The van der Waals surface area contributed by atoms with Gasteiger partial charge in [-0.15, -0.1) is 0 Å². The second-order valence-electron chi connectivity index (χ2n) is 6.36. The number of likely N-dealkylation sites (tertiary alicyclic amines) is 1. The normalized spacial score (nSPS) is 19.9. The summed E-state index contributed by atoms with van der Waals surface area (Å²) in [5.41, 5.74) is 0.939. The van der Waals surface area contributed by atoms with Gasteiger partial charge >= 0.3 is 12.0 Å². The highest BCUT2D eigenvalue weighted by Crippen LogP contribution is 2.30. The summed E-state index contributed by atoms with van der Waals surface area (Å²) in [5, 5.41) is 14.7. The Hall–Kier alpha value is -2.57. The van der Waals surface area contributed by atoms with E-state index in [-0.39, 0.29) is 18.5 Å². The number of benzene rings is 1. The molecule has 7 nitrogen and oxygen atoms in total. The van der Waals surface area contributed by atoms with Crippen molar-refractivity contribution in [3.63, 3.8) is 0 Å². The zero-order valence-electron chi connectivity index (χ0n) is 14.2. The molecule has 1 saturated heterocycles. The molecule has 0 aromatic heterocycles. The van der Waals surface area contributed by atoms with E-state index < -0.39 is 11.4 Å². The number of amides is 3. The van der Waals surface area contributed by atoms with E-state index in [1.54, 1.807) is 25.1 Å². The lowest BCUT2D eigenvalue weighted by molar-refractivity contribution is -0.146. The largest absolute Gasteiger partial charge is 0.481 e. The molecule has 1 aromatic carbocycles. The second kappa shape index (κ2) is 6.90. The number of aryl methyl sites for hydroxylation is 1. The van der Waals surface area contributed by atoms with E-state index in [2.05, 4.69) is 10.6 Å². The van der Waals surface area contributed by atoms with E-state index in [1.165, 1.54) is 4.90 Å². The number of nitrogens with one attached hydrogen (secondary N) is 2. The fourth-order valence-electron chi connectivity index (χ4n) is 2.66. The van der Waals surface area contributed by atoms with Crippen molar-refractivity contribution < 1.29 is 19.5 Å². The first-order valence-corrected chi connectivity index (χ1v) is 7.95. The number of urea groups is 1. The first kappa shape index (κ1) is 17.8. The van der Waals surface area contributed by atoms with E-state index in [0.717, 1.165) is 5.56 Å². The lowest BCUT2D eigenvalue weighted by Gasteiger charge is -2.21. The number of anilines is 1. The van der Waals surface area contributed by atoms with E-state index in [0.29, 0.717) is 30.8 Å². The lowest BCUT2D eigenvalue weighted by atomic mass is 9.90. The quantitative estimate of drug-likeness (QED) is 0.785. The highest BCUT2D eigenvalue weighted by atomic mass is 16.4. The van der Waals surface area contributed by atoms with Gasteiger partial charge in [0, 0.05) is 30.9 Å². The predicted octanol–water partition coefficient (Wildman–Crippen LogP) is 2.07. The highest BCUT2D eigenvalue weighted by molar-refractivity contribution is 5.97. The number of hydrogen-bond acceptors (Lipinski definition) is 3. The average Bonchev–Trinajstić information content (AvgIpc) is 2.94. The molecule has 3 amide bonds. The molecule has 1 aliphatic heterocycles. The van der Waals surface area contributed by atoms with E-state index in [1.807, 2.05) is 13.8 Å². The van der Waals surface area contributed by atoms with E-state index in [4.69, 9.17) is 0 Å². The van der Waals surface area contributed by atoms with Crippen LogP contribution in [0.25, 0.3) is 0 Å². The molecule has 3 N–H and O–H groups in total. The molecule has 1 aliphatic rings. The Bertz CT molecular complexity index is 674. The summed E-state index contributed by atoms with van der Waals surface area (Å²) < 4.78 is 0. The van der Waals surface area contributed by atoms with Crippen molar-refractivity contribution in [2.45, 2.75) is 27.2 Å². The summed E-state index contributed by atoms with van der Waals surface area (Å²) in [5.74, 6) is -1.10. The van der Waals surface area contributed by atoms with Gasteiger partial charge in [0.2, 0.25) is 0 Å². The third-order valence-corrected chi connectivity index (χ3v) is 4.36. The molecule has 0 saturated carbocycles. The maximum Gasteiger partial charge on any atom is 0.321 e. The SMILES string of the molecule is CCNC(=O)c1ccc(C)c(NC(=O)N2CCC(C)(C(=O)O)C2)c1. The molecule has 1 fully saturated rings. The summed E-state index contributed by atoms with van der Waals surface area (Å²) in [6.45, 7) is 6.40. The van der Waals surface area contributed by atoms with Gasteiger partial charge in [0.1, 0.15) is 0 Å². The van der Waals surface area contributed by atoms with Crippen LogP contribution in [0.2, 0.25) is 0 Å². The number of aliphatic carboxylic acids is 1. The minimum atomic E-state index is -0.907. The zero-order valence-corrected chi connectivity index (χ0v) is 14.2. The van der Waals surface area contributed by atoms with Crippen LogP contribution >= 0.6 is 0 Å². The number of hydrogen-bond donors (Lipinski definition) is 3. The molecule has 1 heterocycles. The van der Waals surface area contributed by atoms with Crippen molar-refractivity contribution in [3.05, 3.63) is 29.3 Å². The molecule has 130 valence electrons. The first-order chi connectivity index (χ1) is 11.3. The molecule has 2 rings (SSSR count). The van der Waals surface area contributed by atoms with Gasteiger partial charge in [-0.05, 0) is 44.9 Å². The number of carboxylic acids is 1. The molecule has 0 spiro atoms. The van der Waals surface area contributed by atoms with Gasteiger partial charge in [-0.2, -0.15) is 0 Å². The van der Waals surface area contributed by atoms with Gasteiger partial charge < -0.3 is 20.6 Å². The Morgan fingerprint density at radius 3 is 2.62 bits per heavy atom. The van der Waals surface area contributed by atoms with E-state index in [9.17, 15) is 19.5 Å². The summed E-state index contributed by atoms with van der Waals surface area (Å²) in [4.78, 5) is 37.1. The topological polar surface area (TPSA) is 98.7 Å². The molecule has 1 aromatic rings. The van der Waals surface area contributed by atoms with E-state index >= 15 is 0 Å². The predicted molar refractivity (Wildman–Crippen MR) is 90.1 cm³/mol. The van der Waals surface area contributed by atoms with Crippen LogP contribution in [0.3, 0.4) is 0 Å². The van der Waals surface area contributed by atoms with Crippen LogP contribution in [0.4, 0.5) is 10.5 Å². The van der Waals surface area contributed by atoms with Crippen molar-refractivity contribution in [3.8, 4) is 0 Å². The monoisotopic (exact) mass is 333 g/mol. The number of rotatable bonds is 4. The Kier molecular flexibility index (Phi) is 5.11. The van der Waals surface area contributed by atoms with Crippen LogP contribution in [-0.4, -0.2) is 47.5 Å². The van der Waals surface area contributed by atoms with Crippen molar-refractivity contribution >= 4 is 23.6 Å². The van der Waals surface area contributed by atoms with Gasteiger partial charge in [0.15, 0.2) is 0 Å². The maximum atomic E-state index is 12.4. The molecule has 0 bridgehead atoms. The third-order valence-electron chi connectivity index (χ3n) is 4.36. The van der Waals surface area contributed by atoms with Gasteiger partial charge in [-0.25, -0.2) is 4.79 Å². The second-order valence-corrected chi connectivity index (χ2v) is 6.36. The van der Waals surface area contributed by atoms with Crippen molar-refractivity contribution in [2.75, 3.05) is 25.0 Å². The van der Waals surface area contributed by atoms with Crippen LogP contribution in [-0.2, 0) is 4.79 Å². The Morgan fingerprint density at radius 1 is 1.33 bits per heavy atom. The molecule has 1 unspecified atom stereocenters. The van der Waals surface area contributed by atoms with Crippen molar-refractivity contribution in [1.29, 1.82) is 0 Å². The van der Waals surface area contributed by atoms with Crippen LogP contribution in [0, 0.1) is 12.3 Å². The number of carboxylic acid groups (broad SMARTS) is 1. The first-order valence-electron chi connectivity index (χ1n) is 7.95. The molecular weight excluding hydrogens is 310 g/mol. The third kappa shape index (κ3) is 3.67. The maximum absolute atomic E-state index is 12.4. The van der Waals surface area contributed by atoms with Crippen LogP contribution in [0.5, 0.6) is 0 Å². The van der Waals surface area contributed by atoms with Crippen molar-refractivity contribution in [1.82, 2.24) is 10.2 Å². The van der Waals surface area contributed by atoms with Crippen LogP contribution in [0.1, 0.15) is 36.2 Å². The summed E-state index contributed by atoms with van der Waals surface area (Å²) in [7, 11) is 0. The lowest BCUT2D eigenvalue weighted by Crippen LogP contribution is -2.37. The summed E-state index contributed by atoms with van der Waals surface area (Å²) in [6.07, 6.45) is 0.424. The molecule has 0 radical (unpaired) electrons. The fourth-order valence-corrected chi connectivity index (χ4v) is 2.66. The van der Waals surface area contributed by atoms with Gasteiger partial charge in [-0.3, -0.25) is 9.59 Å².